The Hall–Kier alpha value is -3.00. The summed E-state index contributed by atoms with van der Waals surface area (Å²) in [6, 6.07) is 26.2. The molecule has 0 aliphatic carbocycles. The van der Waals surface area contributed by atoms with E-state index < -0.39 is 0 Å². The third-order valence-corrected chi connectivity index (χ3v) is 4.43. The monoisotopic (exact) mass is 344 g/mol. The second-order valence-electron chi connectivity index (χ2n) is 6.40. The molecule has 0 aromatic heterocycles. The molecule has 1 N–H and O–H groups in total. The molecule has 0 heterocycles. The lowest BCUT2D eigenvalue weighted by atomic mass is 9.96. The molecule has 2 nitrogen and oxygen atoms in total. The van der Waals surface area contributed by atoms with E-state index in [0.717, 1.165) is 25.0 Å². The van der Waals surface area contributed by atoms with E-state index in [1.165, 1.54) is 22.3 Å². The van der Waals surface area contributed by atoms with Crippen LogP contribution in [0.2, 0.25) is 0 Å². The van der Waals surface area contributed by atoms with Gasteiger partial charge in [-0.25, -0.2) is 0 Å². The molecule has 3 rings (SSSR count). The molecule has 3 aromatic rings. The van der Waals surface area contributed by atoms with Gasteiger partial charge in [0.1, 0.15) is 11.5 Å². The van der Waals surface area contributed by atoms with Crippen molar-refractivity contribution in [2.24, 2.45) is 0 Å². The van der Waals surface area contributed by atoms with Crippen molar-refractivity contribution in [2.75, 3.05) is 7.11 Å². The van der Waals surface area contributed by atoms with Gasteiger partial charge in [-0.1, -0.05) is 66.2 Å². The van der Waals surface area contributed by atoms with Crippen LogP contribution in [-0.2, 0) is 12.8 Å². The normalized spacial score (nSPS) is 11.3. The summed E-state index contributed by atoms with van der Waals surface area (Å²) in [5, 5.41) is 9.50. The zero-order valence-corrected chi connectivity index (χ0v) is 15.1. The summed E-state index contributed by atoms with van der Waals surface area (Å²) in [4.78, 5) is 0. The average Bonchev–Trinajstić information content (AvgIpc) is 2.69. The zero-order chi connectivity index (χ0) is 18.2. The number of allylic oxidation sites excluding steroid dienone is 1. The number of phenols is 1. The lowest BCUT2D eigenvalue weighted by molar-refractivity contribution is 0.415. The van der Waals surface area contributed by atoms with Crippen LogP contribution in [0.1, 0.15) is 23.1 Å². The number of methoxy groups -OCH3 is 1. The first-order chi connectivity index (χ1) is 12.7. The van der Waals surface area contributed by atoms with Crippen molar-refractivity contribution in [1.82, 2.24) is 0 Å². The van der Waals surface area contributed by atoms with E-state index in [9.17, 15) is 5.11 Å². The molecule has 0 saturated heterocycles. The number of aromatic hydroxyl groups is 1. The average molecular weight is 344 g/mol. The molecule has 0 radical (unpaired) electrons. The van der Waals surface area contributed by atoms with Crippen molar-refractivity contribution in [2.45, 2.75) is 19.3 Å². The van der Waals surface area contributed by atoms with Gasteiger partial charge in [0.25, 0.3) is 0 Å². The zero-order valence-electron chi connectivity index (χ0n) is 15.1. The summed E-state index contributed by atoms with van der Waals surface area (Å²) in [7, 11) is 1.68. The SMILES string of the molecule is COc1ccc(/C=C(\CCc2ccccc2)Cc2ccc(O)cc2)cc1. The Kier molecular flexibility index (Phi) is 6.10. The number of hydrogen-bond acceptors (Lipinski definition) is 2. The molecule has 0 atom stereocenters. The van der Waals surface area contributed by atoms with E-state index in [-0.39, 0.29) is 0 Å². The third-order valence-electron chi connectivity index (χ3n) is 4.43. The number of benzene rings is 3. The second-order valence-corrected chi connectivity index (χ2v) is 6.40. The Balaban J connectivity index is 1.79. The van der Waals surface area contributed by atoms with Crippen molar-refractivity contribution < 1.29 is 9.84 Å². The first kappa shape index (κ1) is 17.8. The second kappa shape index (κ2) is 8.91. The molecule has 0 aliphatic rings. The first-order valence-electron chi connectivity index (χ1n) is 8.88. The summed E-state index contributed by atoms with van der Waals surface area (Å²) in [6.07, 6.45) is 5.15. The molecular formula is C24H24O2. The largest absolute Gasteiger partial charge is 0.508 e. The molecule has 3 aromatic carbocycles. The Morgan fingerprint density at radius 2 is 1.54 bits per heavy atom. The van der Waals surface area contributed by atoms with Gasteiger partial charge in [-0.2, -0.15) is 0 Å². The van der Waals surface area contributed by atoms with E-state index >= 15 is 0 Å². The number of aryl methyl sites for hydroxylation is 1. The lowest BCUT2D eigenvalue weighted by Gasteiger charge is -2.10. The highest BCUT2D eigenvalue weighted by molar-refractivity contribution is 5.55. The van der Waals surface area contributed by atoms with Crippen LogP contribution in [0.3, 0.4) is 0 Å². The van der Waals surface area contributed by atoms with Crippen molar-refractivity contribution in [3.05, 3.63) is 101 Å². The van der Waals surface area contributed by atoms with Crippen LogP contribution < -0.4 is 4.74 Å². The number of ether oxygens (including phenoxy) is 1. The number of hydrogen-bond donors (Lipinski definition) is 1. The number of phenolic OH excluding ortho intramolecular Hbond substituents is 1. The van der Waals surface area contributed by atoms with E-state index in [2.05, 4.69) is 42.5 Å². The molecule has 132 valence electrons. The molecule has 0 amide bonds. The van der Waals surface area contributed by atoms with Crippen LogP contribution in [-0.4, -0.2) is 12.2 Å². The van der Waals surface area contributed by atoms with Gasteiger partial charge in [-0.15, -0.1) is 0 Å². The van der Waals surface area contributed by atoms with Gasteiger partial charge in [-0.3, -0.25) is 0 Å². The summed E-state index contributed by atoms with van der Waals surface area (Å²) in [5.41, 5.74) is 5.09. The van der Waals surface area contributed by atoms with Gasteiger partial charge < -0.3 is 9.84 Å². The highest BCUT2D eigenvalue weighted by Crippen LogP contribution is 2.21. The fourth-order valence-electron chi connectivity index (χ4n) is 2.97. The fourth-order valence-corrected chi connectivity index (χ4v) is 2.97. The van der Waals surface area contributed by atoms with Crippen LogP contribution in [0.25, 0.3) is 6.08 Å². The standard InChI is InChI=1S/C24H24O2/c1-26-24-15-11-21(12-16-24)18-22(8-7-19-5-3-2-4-6-19)17-20-9-13-23(25)14-10-20/h2-6,9-16,18,25H,7-8,17H2,1H3/b22-18+. The van der Waals surface area contributed by atoms with Gasteiger partial charge >= 0.3 is 0 Å². The van der Waals surface area contributed by atoms with Crippen molar-refractivity contribution in [1.29, 1.82) is 0 Å². The molecule has 0 spiro atoms. The summed E-state index contributed by atoms with van der Waals surface area (Å²) in [5.74, 6) is 1.17. The maximum Gasteiger partial charge on any atom is 0.118 e. The molecular weight excluding hydrogens is 320 g/mol. The predicted octanol–water partition coefficient (Wildman–Crippen LogP) is 5.66. The molecule has 0 aliphatic heterocycles. The van der Waals surface area contributed by atoms with Crippen molar-refractivity contribution in [3.8, 4) is 11.5 Å². The minimum Gasteiger partial charge on any atom is -0.508 e. The van der Waals surface area contributed by atoms with Crippen LogP contribution in [0.4, 0.5) is 0 Å². The van der Waals surface area contributed by atoms with Gasteiger partial charge in [-0.05, 0) is 60.2 Å². The maximum atomic E-state index is 9.50. The van der Waals surface area contributed by atoms with E-state index in [4.69, 9.17) is 4.74 Å². The Morgan fingerprint density at radius 1 is 0.846 bits per heavy atom. The quantitative estimate of drug-likeness (QED) is 0.599. The Labute approximate surface area is 155 Å². The lowest BCUT2D eigenvalue weighted by Crippen LogP contribution is -1.95. The topological polar surface area (TPSA) is 29.5 Å². The smallest absolute Gasteiger partial charge is 0.118 e. The van der Waals surface area contributed by atoms with Gasteiger partial charge in [0.15, 0.2) is 0 Å². The van der Waals surface area contributed by atoms with Gasteiger partial charge in [0.05, 0.1) is 7.11 Å². The Morgan fingerprint density at radius 3 is 2.19 bits per heavy atom. The minimum absolute atomic E-state index is 0.304. The number of rotatable bonds is 7. The van der Waals surface area contributed by atoms with Gasteiger partial charge in [0, 0.05) is 0 Å². The van der Waals surface area contributed by atoms with Crippen LogP contribution in [0.5, 0.6) is 11.5 Å². The molecule has 0 unspecified atom stereocenters. The predicted molar refractivity (Wildman–Crippen MR) is 108 cm³/mol. The van der Waals surface area contributed by atoms with Crippen LogP contribution >= 0.6 is 0 Å². The summed E-state index contributed by atoms with van der Waals surface area (Å²) < 4.78 is 5.24. The Bertz CT molecular complexity index is 832. The van der Waals surface area contributed by atoms with Crippen molar-refractivity contribution in [3.63, 3.8) is 0 Å². The molecule has 26 heavy (non-hydrogen) atoms. The molecule has 2 heteroatoms. The maximum absolute atomic E-state index is 9.50. The van der Waals surface area contributed by atoms with E-state index in [0.29, 0.717) is 5.75 Å². The van der Waals surface area contributed by atoms with Crippen molar-refractivity contribution >= 4 is 6.08 Å². The highest BCUT2D eigenvalue weighted by Gasteiger charge is 2.03. The first-order valence-corrected chi connectivity index (χ1v) is 8.88. The fraction of sp³-hybridized carbons (Fsp3) is 0.167. The molecule has 0 bridgehead atoms. The third kappa shape index (κ3) is 5.25. The summed E-state index contributed by atoms with van der Waals surface area (Å²) in [6.45, 7) is 0. The molecule has 0 saturated carbocycles. The highest BCUT2D eigenvalue weighted by atomic mass is 16.5. The molecule has 0 fully saturated rings. The van der Waals surface area contributed by atoms with E-state index in [1.54, 1.807) is 19.2 Å². The van der Waals surface area contributed by atoms with E-state index in [1.807, 2.05) is 30.3 Å². The van der Waals surface area contributed by atoms with Crippen LogP contribution in [0, 0.1) is 0 Å². The van der Waals surface area contributed by atoms with Crippen LogP contribution in [0.15, 0.2) is 84.4 Å². The van der Waals surface area contributed by atoms with Gasteiger partial charge in [0.2, 0.25) is 0 Å². The minimum atomic E-state index is 0.304. The summed E-state index contributed by atoms with van der Waals surface area (Å²) >= 11 is 0.